The zero-order valence-corrected chi connectivity index (χ0v) is 11.1. The van der Waals surface area contributed by atoms with Crippen molar-refractivity contribution in [2.75, 3.05) is 11.9 Å². The molecule has 112 valence electrons. The number of aromatic carboxylic acids is 1. The predicted molar refractivity (Wildman–Crippen MR) is 72.0 cm³/mol. The van der Waals surface area contributed by atoms with Gasteiger partial charge >= 0.3 is 5.97 Å². The summed E-state index contributed by atoms with van der Waals surface area (Å²) in [4.78, 5) is 43.2. The van der Waals surface area contributed by atoms with Crippen molar-refractivity contribution in [2.45, 2.75) is 13.3 Å². The van der Waals surface area contributed by atoms with Crippen molar-refractivity contribution >= 4 is 29.2 Å². The Morgan fingerprint density at radius 1 is 1.33 bits per heavy atom. The molecule has 0 fully saturated rings. The van der Waals surface area contributed by atoms with Crippen LogP contribution in [0.2, 0.25) is 0 Å². The molecule has 0 atom stereocenters. The van der Waals surface area contributed by atoms with Crippen LogP contribution < -0.4 is 10.6 Å². The van der Waals surface area contributed by atoms with Crippen LogP contribution in [0.15, 0.2) is 18.2 Å². The van der Waals surface area contributed by atoms with E-state index >= 15 is 0 Å². The zero-order chi connectivity index (χ0) is 16.0. The maximum atomic E-state index is 11.6. The first-order valence-corrected chi connectivity index (χ1v) is 5.87. The van der Waals surface area contributed by atoms with E-state index < -0.39 is 16.8 Å². The van der Waals surface area contributed by atoms with Crippen molar-refractivity contribution < 1.29 is 24.4 Å². The van der Waals surface area contributed by atoms with Gasteiger partial charge in [0.25, 0.3) is 5.69 Å². The number of amides is 2. The highest BCUT2D eigenvalue weighted by atomic mass is 16.6. The molecule has 0 aromatic heterocycles. The van der Waals surface area contributed by atoms with Crippen molar-refractivity contribution in [1.29, 1.82) is 0 Å². The molecule has 1 aromatic rings. The maximum Gasteiger partial charge on any atom is 0.338 e. The number of benzene rings is 1. The summed E-state index contributed by atoms with van der Waals surface area (Å²) in [6.45, 7) is 1.41. The average molecular weight is 295 g/mol. The van der Waals surface area contributed by atoms with Crippen LogP contribution in [0.25, 0.3) is 0 Å². The Morgan fingerprint density at radius 3 is 2.52 bits per heavy atom. The quantitative estimate of drug-likeness (QED) is 0.523. The van der Waals surface area contributed by atoms with Gasteiger partial charge in [-0.3, -0.25) is 19.7 Å². The molecule has 0 spiro atoms. The monoisotopic (exact) mass is 295 g/mol. The molecule has 3 N–H and O–H groups in total. The van der Waals surface area contributed by atoms with Crippen molar-refractivity contribution in [3.05, 3.63) is 33.9 Å². The molecule has 9 nitrogen and oxygen atoms in total. The minimum Gasteiger partial charge on any atom is -0.478 e. The molecule has 0 aliphatic rings. The summed E-state index contributed by atoms with van der Waals surface area (Å²) >= 11 is 0. The largest absolute Gasteiger partial charge is 0.478 e. The van der Waals surface area contributed by atoms with Crippen molar-refractivity contribution in [1.82, 2.24) is 5.32 Å². The molecule has 0 heterocycles. The molecule has 0 aliphatic carbocycles. The van der Waals surface area contributed by atoms with Gasteiger partial charge in [0.1, 0.15) is 0 Å². The fourth-order valence-corrected chi connectivity index (χ4v) is 1.50. The lowest BCUT2D eigenvalue weighted by Crippen LogP contribution is -2.25. The van der Waals surface area contributed by atoms with E-state index in [9.17, 15) is 24.5 Å². The lowest BCUT2D eigenvalue weighted by Gasteiger charge is -2.08. The lowest BCUT2D eigenvalue weighted by molar-refractivity contribution is -0.384. The third kappa shape index (κ3) is 4.90. The summed E-state index contributed by atoms with van der Waals surface area (Å²) in [7, 11) is 0. The minimum absolute atomic E-state index is 0.0408. The highest BCUT2D eigenvalue weighted by molar-refractivity contribution is 6.01. The Balaban J connectivity index is 2.82. The summed E-state index contributed by atoms with van der Waals surface area (Å²) < 4.78 is 0. The van der Waals surface area contributed by atoms with Crippen LogP contribution in [0, 0.1) is 10.1 Å². The standard InChI is InChI=1S/C12H13N3O6/c1-7(16)13-5-4-11(17)14-10-3-2-8(15(20)21)6-9(10)12(18)19/h2-3,6H,4-5H2,1H3,(H,13,16)(H,14,17)(H,18,19). The van der Waals surface area contributed by atoms with E-state index in [2.05, 4.69) is 10.6 Å². The van der Waals surface area contributed by atoms with Crippen LogP contribution in [0.3, 0.4) is 0 Å². The molecule has 0 unspecified atom stereocenters. The van der Waals surface area contributed by atoms with Gasteiger partial charge in [-0.1, -0.05) is 0 Å². The van der Waals surface area contributed by atoms with Crippen LogP contribution in [0.5, 0.6) is 0 Å². The summed E-state index contributed by atoms with van der Waals surface area (Å²) in [6.07, 6.45) is -0.0460. The molecular weight excluding hydrogens is 282 g/mol. The molecule has 0 saturated heterocycles. The molecule has 0 bridgehead atoms. The fourth-order valence-electron chi connectivity index (χ4n) is 1.50. The number of nitro benzene ring substituents is 1. The predicted octanol–water partition coefficient (Wildman–Crippen LogP) is 0.758. The summed E-state index contributed by atoms with van der Waals surface area (Å²) in [5.74, 6) is -2.19. The normalized spacial score (nSPS) is 9.76. The van der Waals surface area contributed by atoms with Gasteiger partial charge < -0.3 is 15.7 Å². The number of nitrogens with one attached hydrogen (secondary N) is 2. The number of non-ortho nitro benzene ring substituents is 1. The van der Waals surface area contributed by atoms with Crippen molar-refractivity contribution in [3.63, 3.8) is 0 Å². The molecule has 0 saturated carbocycles. The smallest absolute Gasteiger partial charge is 0.338 e. The number of rotatable bonds is 6. The van der Waals surface area contributed by atoms with Gasteiger partial charge in [0.2, 0.25) is 11.8 Å². The highest BCUT2D eigenvalue weighted by Gasteiger charge is 2.17. The number of anilines is 1. The van der Waals surface area contributed by atoms with E-state index in [1.807, 2.05) is 0 Å². The summed E-state index contributed by atoms with van der Waals surface area (Å²) in [6, 6.07) is 3.11. The van der Waals surface area contributed by atoms with Crippen LogP contribution in [0.1, 0.15) is 23.7 Å². The zero-order valence-electron chi connectivity index (χ0n) is 11.1. The Hall–Kier alpha value is -2.97. The molecule has 1 rings (SSSR count). The topological polar surface area (TPSA) is 139 Å². The molecule has 1 aromatic carbocycles. The van der Waals surface area contributed by atoms with Crippen LogP contribution in [-0.2, 0) is 9.59 Å². The average Bonchev–Trinajstić information content (AvgIpc) is 2.38. The van der Waals surface area contributed by atoms with E-state index in [1.165, 1.54) is 6.92 Å². The number of hydrogen-bond acceptors (Lipinski definition) is 5. The molecule has 21 heavy (non-hydrogen) atoms. The van der Waals surface area contributed by atoms with Gasteiger partial charge in [0, 0.05) is 32.0 Å². The Bertz CT molecular complexity index is 599. The number of nitro groups is 1. The fraction of sp³-hybridized carbons (Fsp3) is 0.250. The van der Waals surface area contributed by atoms with Gasteiger partial charge in [-0.2, -0.15) is 0 Å². The van der Waals surface area contributed by atoms with Crippen molar-refractivity contribution in [3.8, 4) is 0 Å². The number of nitrogens with zero attached hydrogens (tertiary/aromatic N) is 1. The van der Waals surface area contributed by atoms with E-state index in [4.69, 9.17) is 5.11 Å². The first kappa shape index (κ1) is 16.1. The van der Waals surface area contributed by atoms with Crippen molar-refractivity contribution in [2.24, 2.45) is 0 Å². The first-order chi connectivity index (χ1) is 9.81. The molecular formula is C12H13N3O6. The van der Waals surface area contributed by atoms with Crippen LogP contribution in [0.4, 0.5) is 11.4 Å². The second-order valence-electron chi connectivity index (χ2n) is 4.07. The van der Waals surface area contributed by atoms with Gasteiger partial charge in [0.15, 0.2) is 0 Å². The van der Waals surface area contributed by atoms with Crippen LogP contribution >= 0.6 is 0 Å². The number of hydrogen-bond donors (Lipinski definition) is 3. The van der Waals surface area contributed by atoms with Gasteiger partial charge in [0.05, 0.1) is 16.2 Å². The van der Waals surface area contributed by atoms with E-state index in [0.29, 0.717) is 0 Å². The second kappa shape index (κ2) is 6.98. The third-order valence-electron chi connectivity index (χ3n) is 2.44. The summed E-state index contributed by atoms with van der Waals surface area (Å²) in [5, 5.41) is 24.4. The molecule has 0 radical (unpaired) electrons. The second-order valence-corrected chi connectivity index (χ2v) is 4.07. The van der Waals surface area contributed by atoms with Gasteiger partial charge in [-0.15, -0.1) is 0 Å². The third-order valence-corrected chi connectivity index (χ3v) is 2.44. The number of carboxylic acid groups (broad SMARTS) is 1. The Morgan fingerprint density at radius 2 is 2.00 bits per heavy atom. The van der Waals surface area contributed by atoms with Gasteiger partial charge in [-0.25, -0.2) is 4.79 Å². The number of carboxylic acids is 1. The Labute approximate surface area is 119 Å². The van der Waals surface area contributed by atoms with Gasteiger partial charge in [-0.05, 0) is 6.07 Å². The first-order valence-electron chi connectivity index (χ1n) is 5.87. The molecule has 9 heteroatoms. The van der Waals surface area contributed by atoms with Crippen LogP contribution in [-0.4, -0.2) is 34.4 Å². The minimum atomic E-state index is -1.39. The molecule has 2 amide bonds. The number of carbonyl (C=O) groups excluding carboxylic acids is 2. The molecule has 0 aliphatic heterocycles. The van der Waals surface area contributed by atoms with E-state index in [0.717, 1.165) is 18.2 Å². The number of carbonyl (C=O) groups is 3. The summed E-state index contributed by atoms with van der Waals surface area (Å²) in [5.41, 5.74) is -0.804. The lowest BCUT2D eigenvalue weighted by atomic mass is 10.1. The maximum absolute atomic E-state index is 11.6. The Kier molecular flexibility index (Phi) is 5.35. The van der Waals surface area contributed by atoms with E-state index in [1.54, 1.807) is 0 Å². The van der Waals surface area contributed by atoms with E-state index in [-0.39, 0.29) is 35.8 Å². The SMILES string of the molecule is CC(=O)NCCC(=O)Nc1ccc([N+](=O)[O-])cc1C(=O)O. The highest BCUT2D eigenvalue weighted by Crippen LogP contribution is 2.22.